The number of carbonyl (C=O) groups excluding carboxylic acids is 1. The lowest BCUT2D eigenvalue weighted by molar-refractivity contribution is 0.0777. The molecular weight excluding hydrogens is 260 g/mol. The third-order valence-corrected chi connectivity index (χ3v) is 4.33. The van der Waals surface area contributed by atoms with Crippen molar-refractivity contribution >= 4 is 17.2 Å². The van der Waals surface area contributed by atoms with E-state index in [1.165, 1.54) is 37.3 Å². The molecule has 0 unspecified atom stereocenters. The minimum Gasteiger partial charge on any atom is -0.339 e. The van der Waals surface area contributed by atoms with Crippen LogP contribution in [0.25, 0.3) is 0 Å². The van der Waals surface area contributed by atoms with Gasteiger partial charge in [0, 0.05) is 31.9 Å². The third-order valence-electron chi connectivity index (χ3n) is 3.43. The summed E-state index contributed by atoms with van der Waals surface area (Å²) in [5, 5.41) is 2.78. The first-order chi connectivity index (χ1) is 9.20. The highest BCUT2D eigenvalue weighted by molar-refractivity contribution is 7.09. The smallest absolute Gasteiger partial charge is 0.273 e. The Morgan fingerprint density at radius 2 is 2.26 bits per heavy atom. The minimum absolute atomic E-state index is 0.0127. The summed E-state index contributed by atoms with van der Waals surface area (Å²) in [6.45, 7) is 4.63. The van der Waals surface area contributed by atoms with Crippen molar-refractivity contribution in [3.05, 3.63) is 16.1 Å². The maximum atomic E-state index is 12.2. The summed E-state index contributed by atoms with van der Waals surface area (Å²) < 4.78 is 0. The van der Waals surface area contributed by atoms with Crippen molar-refractivity contribution in [3.63, 3.8) is 0 Å². The molecule has 0 spiro atoms. The summed E-state index contributed by atoms with van der Waals surface area (Å²) in [6, 6.07) is 0. The number of amides is 1. The molecule has 1 aliphatic heterocycles. The van der Waals surface area contributed by atoms with Crippen molar-refractivity contribution in [3.8, 4) is 0 Å². The van der Waals surface area contributed by atoms with Crippen LogP contribution in [-0.4, -0.2) is 60.5 Å². The first kappa shape index (κ1) is 14.4. The van der Waals surface area contributed by atoms with Gasteiger partial charge in [0.2, 0.25) is 0 Å². The molecule has 0 aliphatic carbocycles. The lowest BCUT2D eigenvalue weighted by atomic mass is 10.4. The van der Waals surface area contributed by atoms with Crippen molar-refractivity contribution in [2.75, 3.05) is 39.8 Å². The van der Waals surface area contributed by atoms with Crippen LogP contribution in [0, 0.1) is 0 Å². The number of thiazole rings is 1. The highest BCUT2D eigenvalue weighted by Crippen LogP contribution is 2.12. The Balaban J connectivity index is 1.83. The lowest BCUT2D eigenvalue weighted by Crippen LogP contribution is -2.35. The fraction of sp³-hybridized carbons (Fsp3) is 0.692. The van der Waals surface area contributed by atoms with Gasteiger partial charge >= 0.3 is 0 Å². The number of nitrogens with zero attached hydrogens (tertiary/aromatic N) is 3. The van der Waals surface area contributed by atoms with E-state index in [9.17, 15) is 4.79 Å². The molecule has 0 saturated carbocycles. The Bertz CT molecular complexity index is 415. The second kappa shape index (κ2) is 6.98. The van der Waals surface area contributed by atoms with E-state index in [1.54, 1.807) is 4.90 Å². The molecule has 1 aromatic rings. The third kappa shape index (κ3) is 3.99. The number of carbonyl (C=O) groups is 1. The van der Waals surface area contributed by atoms with E-state index in [1.807, 2.05) is 12.4 Å². The summed E-state index contributed by atoms with van der Waals surface area (Å²) in [6.07, 6.45) is 3.31. The molecule has 2 heterocycles. The highest BCUT2D eigenvalue weighted by atomic mass is 32.1. The monoisotopic (exact) mass is 282 g/mol. The normalized spacial score (nSPS) is 15.9. The Kier molecular flexibility index (Phi) is 5.30. The highest BCUT2D eigenvalue weighted by Gasteiger charge is 2.17. The van der Waals surface area contributed by atoms with Gasteiger partial charge in [-0.1, -0.05) is 0 Å². The van der Waals surface area contributed by atoms with Crippen molar-refractivity contribution in [1.29, 1.82) is 0 Å². The molecule has 1 aromatic heterocycles. The molecule has 0 radical (unpaired) electrons. The lowest BCUT2D eigenvalue weighted by Gasteiger charge is -2.20. The molecule has 0 atom stereocenters. The number of rotatable bonds is 6. The molecule has 106 valence electrons. The Morgan fingerprint density at radius 1 is 1.53 bits per heavy atom. The van der Waals surface area contributed by atoms with E-state index in [0.29, 0.717) is 12.2 Å². The van der Waals surface area contributed by atoms with Gasteiger partial charge < -0.3 is 15.5 Å². The van der Waals surface area contributed by atoms with Crippen molar-refractivity contribution in [2.45, 2.75) is 19.3 Å². The fourth-order valence-electron chi connectivity index (χ4n) is 2.24. The number of hydrogen-bond acceptors (Lipinski definition) is 5. The van der Waals surface area contributed by atoms with E-state index in [-0.39, 0.29) is 5.91 Å². The Labute approximate surface area is 118 Å². The molecule has 1 saturated heterocycles. The maximum Gasteiger partial charge on any atom is 0.273 e. The molecule has 0 bridgehead atoms. The second-order valence-electron chi connectivity index (χ2n) is 4.94. The summed E-state index contributed by atoms with van der Waals surface area (Å²) in [5.41, 5.74) is 6.04. The van der Waals surface area contributed by atoms with Crippen molar-refractivity contribution in [2.24, 2.45) is 5.73 Å². The van der Waals surface area contributed by atoms with Gasteiger partial charge in [0.1, 0.15) is 5.69 Å². The van der Waals surface area contributed by atoms with Crippen molar-refractivity contribution in [1.82, 2.24) is 14.8 Å². The molecule has 0 aromatic carbocycles. The topological polar surface area (TPSA) is 62.5 Å². The van der Waals surface area contributed by atoms with E-state index >= 15 is 0 Å². The Hall–Kier alpha value is -0.980. The molecule has 2 rings (SSSR count). The molecule has 1 amide bonds. The molecule has 2 N–H and O–H groups in total. The van der Waals surface area contributed by atoms with Crippen LogP contribution in [0.1, 0.15) is 28.3 Å². The number of likely N-dealkylation sites (tertiary alicyclic amines) is 1. The molecular formula is C13H22N4OS. The first-order valence-corrected chi connectivity index (χ1v) is 7.71. The first-order valence-electron chi connectivity index (χ1n) is 6.83. The Morgan fingerprint density at radius 3 is 2.95 bits per heavy atom. The van der Waals surface area contributed by atoms with E-state index < -0.39 is 0 Å². The SMILES string of the molecule is CN(CCN1CCCC1)C(=O)c1csc(CCN)n1. The number of likely N-dealkylation sites (N-methyl/N-ethyl adjacent to an activating group) is 1. The standard InChI is InChI=1S/C13H22N4OS/c1-16(8-9-17-6-2-3-7-17)13(18)11-10-19-12(15-11)4-5-14/h10H,2-9,14H2,1H3. The predicted octanol–water partition coefficient (Wildman–Crippen LogP) is 0.812. The summed E-state index contributed by atoms with van der Waals surface area (Å²) in [5.74, 6) is 0.0127. The molecule has 1 fully saturated rings. The fourth-order valence-corrected chi connectivity index (χ4v) is 3.03. The average molecular weight is 282 g/mol. The number of hydrogen-bond donors (Lipinski definition) is 1. The van der Waals surface area contributed by atoms with E-state index in [4.69, 9.17) is 5.73 Å². The van der Waals surface area contributed by atoms with Crippen LogP contribution in [0.3, 0.4) is 0 Å². The molecule has 1 aliphatic rings. The van der Waals surface area contributed by atoms with Crippen LogP contribution in [0.5, 0.6) is 0 Å². The van der Waals surface area contributed by atoms with Gasteiger partial charge in [-0.15, -0.1) is 11.3 Å². The van der Waals surface area contributed by atoms with Gasteiger partial charge in [-0.3, -0.25) is 4.79 Å². The average Bonchev–Trinajstić information content (AvgIpc) is 3.06. The van der Waals surface area contributed by atoms with E-state index in [0.717, 1.165) is 24.5 Å². The van der Waals surface area contributed by atoms with Gasteiger partial charge in [0.15, 0.2) is 0 Å². The van der Waals surface area contributed by atoms with Crippen LogP contribution in [0.2, 0.25) is 0 Å². The van der Waals surface area contributed by atoms with Gasteiger partial charge in [0.25, 0.3) is 5.91 Å². The summed E-state index contributed by atoms with van der Waals surface area (Å²) >= 11 is 1.51. The maximum absolute atomic E-state index is 12.2. The zero-order valence-electron chi connectivity index (χ0n) is 11.5. The number of aromatic nitrogens is 1. The van der Waals surface area contributed by atoms with Crippen LogP contribution in [-0.2, 0) is 6.42 Å². The van der Waals surface area contributed by atoms with Gasteiger partial charge in [-0.25, -0.2) is 4.98 Å². The van der Waals surface area contributed by atoms with Gasteiger partial charge in [0.05, 0.1) is 5.01 Å². The van der Waals surface area contributed by atoms with Crippen LogP contribution >= 0.6 is 11.3 Å². The van der Waals surface area contributed by atoms with Crippen LogP contribution in [0.4, 0.5) is 0 Å². The predicted molar refractivity (Wildman–Crippen MR) is 77.5 cm³/mol. The second-order valence-corrected chi connectivity index (χ2v) is 5.88. The quantitative estimate of drug-likeness (QED) is 0.839. The van der Waals surface area contributed by atoms with Gasteiger partial charge in [-0.2, -0.15) is 0 Å². The largest absolute Gasteiger partial charge is 0.339 e. The van der Waals surface area contributed by atoms with E-state index in [2.05, 4.69) is 9.88 Å². The molecule has 5 nitrogen and oxygen atoms in total. The van der Waals surface area contributed by atoms with Gasteiger partial charge in [-0.05, 0) is 32.5 Å². The summed E-state index contributed by atoms with van der Waals surface area (Å²) in [4.78, 5) is 20.7. The van der Waals surface area contributed by atoms with Crippen LogP contribution < -0.4 is 5.73 Å². The molecule has 6 heteroatoms. The molecule has 19 heavy (non-hydrogen) atoms. The van der Waals surface area contributed by atoms with Crippen LogP contribution in [0.15, 0.2) is 5.38 Å². The summed E-state index contributed by atoms with van der Waals surface area (Å²) in [7, 11) is 1.85. The van der Waals surface area contributed by atoms with Crippen molar-refractivity contribution < 1.29 is 4.79 Å². The number of nitrogens with two attached hydrogens (primary N) is 1. The minimum atomic E-state index is 0.0127. The zero-order valence-corrected chi connectivity index (χ0v) is 12.3. The zero-order chi connectivity index (χ0) is 13.7.